The van der Waals surface area contributed by atoms with Gasteiger partial charge in [0.2, 0.25) is 0 Å². The van der Waals surface area contributed by atoms with E-state index in [0.717, 1.165) is 5.56 Å². The Morgan fingerprint density at radius 2 is 1.70 bits per heavy atom. The molecule has 0 aliphatic carbocycles. The van der Waals surface area contributed by atoms with Crippen molar-refractivity contribution in [2.45, 2.75) is 13.0 Å². The summed E-state index contributed by atoms with van der Waals surface area (Å²) in [4.78, 5) is 32.4. The molecule has 7 heteroatoms. The van der Waals surface area contributed by atoms with Crippen molar-refractivity contribution in [3.8, 4) is 5.69 Å². The molecule has 0 bridgehead atoms. The van der Waals surface area contributed by atoms with Crippen molar-refractivity contribution in [1.82, 2.24) is 19.8 Å². The maximum absolute atomic E-state index is 13.0. The summed E-state index contributed by atoms with van der Waals surface area (Å²) in [6, 6.07) is 21.8. The first-order valence-corrected chi connectivity index (χ1v) is 11.0. The molecule has 1 unspecified atom stereocenters. The fourth-order valence-corrected chi connectivity index (χ4v) is 4.18. The van der Waals surface area contributed by atoms with Gasteiger partial charge < -0.3 is 10.2 Å². The lowest BCUT2D eigenvalue weighted by molar-refractivity contribution is 0.0942. The highest BCUT2D eigenvalue weighted by Crippen LogP contribution is 2.25. The summed E-state index contributed by atoms with van der Waals surface area (Å²) in [5.41, 5.74) is 2.66. The van der Waals surface area contributed by atoms with E-state index in [9.17, 15) is 9.59 Å². The molecule has 1 heterocycles. The molecule has 1 aromatic heterocycles. The normalized spacial score (nSPS) is 12.2. The highest BCUT2D eigenvalue weighted by atomic mass is 35.5. The van der Waals surface area contributed by atoms with E-state index in [2.05, 4.69) is 10.3 Å². The third-order valence-electron chi connectivity index (χ3n) is 5.67. The Labute approximate surface area is 197 Å². The lowest BCUT2D eigenvalue weighted by Crippen LogP contribution is -2.34. The number of para-hydroxylation sites is 1. The van der Waals surface area contributed by atoms with Gasteiger partial charge in [-0.05, 0) is 69.0 Å². The van der Waals surface area contributed by atoms with Crippen molar-refractivity contribution < 1.29 is 4.79 Å². The topological polar surface area (TPSA) is 67.2 Å². The first-order chi connectivity index (χ1) is 15.9. The molecule has 168 valence electrons. The highest BCUT2D eigenvalue weighted by Gasteiger charge is 2.18. The molecule has 6 nitrogen and oxygen atoms in total. The zero-order chi connectivity index (χ0) is 23.5. The van der Waals surface area contributed by atoms with Crippen LogP contribution in [0.1, 0.15) is 27.8 Å². The molecular formula is C26H25ClN4O2. The molecule has 3 aromatic carbocycles. The van der Waals surface area contributed by atoms with E-state index in [1.54, 1.807) is 41.8 Å². The number of likely N-dealkylation sites (N-methyl/N-ethyl adjacent to an activating group) is 1. The van der Waals surface area contributed by atoms with Crippen molar-refractivity contribution in [1.29, 1.82) is 0 Å². The predicted molar refractivity (Wildman–Crippen MR) is 132 cm³/mol. The molecule has 33 heavy (non-hydrogen) atoms. The maximum Gasteiger partial charge on any atom is 0.265 e. The zero-order valence-electron chi connectivity index (χ0n) is 18.7. The molecule has 1 amide bonds. The quantitative estimate of drug-likeness (QED) is 0.463. The number of hydrogen-bond acceptors (Lipinski definition) is 4. The number of benzene rings is 3. The first-order valence-electron chi connectivity index (χ1n) is 10.6. The van der Waals surface area contributed by atoms with Gasteiger partial charge in [-0.15, -0.1) is 0 Å². The summed E-state index contributed by atoms with van der Waals surface area (Å²) >= 11 is 6.36. The summed E-state index contributed by atoms with van der Waals surface area (Å²) in [5, 5.41) is 4.21. The average molecular weight is 461 g/mol. The molecule has 4 aromatic rings. The van der Waals surface area contributed by atoms with E-state index in [1.165, 1.54) is 0 Å². The van der Waals surface area contributed by atoms with E-state index in [0.29, 0.717) is 39.5 Å². The minimum absolute atomic E-state index is 0.0631. The van der Waals surface area contributed by atoms with Gasteiger partial charge in [0.05, 0.1) is 22.6 Å². The number of amides is 1. The largest absolute Gasteiger partial charge is 0.350 e. The Balaban J connectivity index is 1.54. The van der Waals surface area contributed by atoms with Gasteiger partial charge in [-0.2, -0.15) is 0 Å². The van der Waals surface area contributed by atoms with Crippen LogP contribution in [0.5, 0.6) is 0 Å². The average Bonchev–Trinajstić information content (AvgIpc) is 2.80. The smallest absolute Gasteiger partial charge is 0.265 e. The Hall–Kier alpha value is -3.48. The minimum Gasteiger partial charge on any atom is -0.350 e. The molecule has 4 rings (SSSR count). The molecule has 0 fully saturated rings. The van der Waals surface area contributed by atoms with Crippen LogP contribution >= 0.6 is 11.6 Å². The third kappa shape index (κ3) is 4.67. The predicted octanol–water partition coefficient (Wildman–Crippen LogP) is 4.38. The van der Waals surface area contributed by atoms with Crippen molar-refractivity contribution in [2.24, 2.45) is 0 Å². The van der Waals surface area contributed by atoms with Gasteiger partial charge in [0.15, 0.2) is 0 Å². The maximum atomic E-state index is 13.0. The lowest BCUT2D eigenvalue weighted by Gasteiger charge is -2.26. The van der Waals surface area contributed by atoms with Gasteiger partial charge in [-0.3, -0.25) is 14.2 Å². The molecule has 0 aliphatic rings. The number of rotatable bonds is 6. The molecule has 1 N–H and O–H groups in total. The van der Waals surface area contributed by atoms with Crippen LogP contribution in [-0.2, 0) is 0 Å². The van der Waals surface area contributed by atoms with Crippen LogP contribution in [0, 0.1) is 6.92 Å². The number of fused-ring (bicyclic) bond motifs is 1. The molecule has 1 atom stereocenters. The van der Waals surface area contributed by atoms with E-state index >= 15 is 0 Å². The fraction of sp³-hybridized carbons (Fsp3) is 0.192. The number of hydrogen-bond donors (Lipinski definition) is 1. The lowest BCUT2D eigenvalue weighted by atomic mass is 10.1. The Kier molecular flexibility index (Phi) is 6.58. The summed E-state index contributed by atoms with van der Waals surface area (Å²) < 4.78 is 1.56. The standard InChI is InChI=1S/C26H25ClN4O2/c1-17-29-23-11-7-5-9-21(23)26(33)31(17)19-14-12-18(13-15-19)25(32)28-16-24(30(2)3)20-8-4-6-10-22(20)27/h4-15,24H,16H2,1-3H3,(H,28,32). The van der Waals surface area contributed by atoms with Crippen LogP contribution in [0.2, 0.25) is 5.02 Å². The van der Waals surface area contributed by atoms with Gasteiger partial charge in [0.1, 0.15) is 5.82 Å². The van der Waals surface area contributed by atoms with Crippen LogP contribution in [0.25, 0.3) is 16.6 Å². The fourth-order valence-electron chi connectivity index (χ4n) is 3.92. The molecule has 0 spiro atoms. The van der Waals surface area contributed by atoms with E-state index in [1.807, 2.05) is 61.5 Å². The van der Waals surface area contributed by atoms with Crippen LogP contribution in [0.3, 0.4) is 0 Å². The second kappa shape index (κ2) is 9.57. The number of aryl methyl sites for hydroxylation is 1. The van der Waals surface area contributed by atoms with Gasteiger partial charge in [0.25, 0.3) is 11.5 Å². The number of halogens is 1. The van der Waals surface area contributed by atoms with Crippen molar-refractivity contribution in [3.05, 3.63) is 105 Å². The van der Waals surface area contributed by atoms with Crippen LogP contribution in [0.15, 0.2) is 77.6 Å². The zero-order valence-corrected chi connectivity index (χ0v) is 19.5. The van der Waals surface area contributed by atoms with Gasteiger partial charge in [-0.25, -0.2) is 4.98 Å². The van der Waals surface area contributed by atoms with Gasteiger partial charge in [0, 0.05) is 17.1 Å². The van der Waals surface area contributed by atoms with Crippen molar-refractivity contribution in [2.75, 3.05) is 20.6 Å². The van der Waals surface area contributed by atoms with Gasteiger partial charge in [-0.1, -0.05) is 41.9 Å². The Morgan fingerprint density at radius 3 is 2.39 bits per heavy atom. The minimum atomic E-state index is -0.193. The summed E-state index contributed by atoms with van der Waals surface area (Å²) in [5.74, 6) is 0.394. The van der Waals surface area contributed by atoms with E-state index < -0.39 is 0 Å². The molecule has 0 radical (unpaired) electrons. The number of nitrogens with one attached hydrogen (secondary N) is 1. The van der Waals surface area contributed by atoms with Crippen molar-refractivity contribution >= 4 is 28.4 Å². The number of carbonyl (C=O) groups is 1. The monoisotopic (exact) mass is 460 g/mol. The number of aromatic nitrogens is 2. The molecule has 0 aliphatic heterocycles. The van der Waals surface area contributed by atoms with Crippen LogP contribution in [-0.4, -0.2) is 41.0 Å². The van der Waals surface area contributed by atoms with E-state index in [4.69, 9.17) is 11.6 Å². The van der Waals surface area contributed by atoms with Crippen LogP contribution < -0.4 is 10.9 Å². The molecule has 0 saturated carbocycles. The van der Waals surface area contributed by atoms with E-state index in [-0.39, 0.29) is 17.5 Å². The molecule has 0 saturated heterocycles. The Morgan fingerprint density at radius 1 is 1.03 bits per heavy atom. The van der Waals surface area contributed by atoms with Crippen molar-refractivity contribution in [3.63, 3.8) is 0 Å². The number of carbonyl (C=O) groups excluding carboxylic acids is 1. The summed E-state index contributed by atoms with van der Waals surface area (Å²) in [7, 11) is 3.90. The Bertz CT molecular complexity index is 1360. The highest BCUT2D eigenvalue weighted by molar-refractivity contribution is 6.31. The SMILES string of the molecule is Cc1nc2ccccc2c(=O)n1-c1ccc(C(=O)NCC(c2ccccc2Cl)N(C)C)cc1. The second-order valence-corrected chi connectivity index (χ2v) is 8.48. The summed E-state index contributed by atoms with van der Waals surface area (Å²) in [6.07, 6.45) is 0. The molecular weight excluding hydrogens is 436 g/mol. The third-order valence-corrected chi connectivity index (χ3v) is 6.02. The summed E-state index contributed by atoms with van der Waals surface area (Å²) in [6.45, 7) is 2.20. The second-order valence-electron chi connectivity index (χ2n) is 8.07. The van der Waals surface area contributed by atoms with Gasteiger partial charge >= 0.3 is 0 Å². The van der Waals surface area contributed by atoms with Crippen LogP contribution in [0.4, 0.5) is 0 Å². The number of nitrogens with zero attached hydrogens (tertiary/aromatic N) is 3. The first kappa shape index (κ1) is 22.7.